The first-order valence-electron chi connectivity index (χ1n) is 7.05. The van der Waals surface area contributed by atoms with Crippen LogP contribution in [-0.2, 0) is 6.42 Å². The third-order valence-corrected chi connectivity index (χ3v) is 3.31. The minimum atomic E-state index is 0.327. The van der Waals surface area contributed by atoms with Crippen molar-refractivity contribution in [3.05, 3.63) is 72.3 Å². The van der Waals surface area contributed by atoms with Crippen molar-refractivity contribution in [3.63, 3.8) is 0 Å². The predicted octanol–water partition coefficient (Wildman–Crippen LogP) is 3.51. The molecule has 114 valence electrons. The fourth-order valence-electron chi connectivity index (χ4n) is 2.07. The highest BCUT2D eigenvalue weighted by Crippen LogP contribution is 2.20. The summed E-state index contributed by atoms with van der Waals surface area (Å²) in [6.07, 6.45) is 2.64. The van der Waals surface area contributed by atoms with Gasteiger partial charge in [0.2, 0.25) is 0 Å². The normalized spacial score (nSPS) is 10.0. The maximum Gasteiger partial charge on any atom is 0.129 e. The van der Waals surface area contributed by atoms with E-state index < -0.39 is 0 Å². The summed E-state index contributed by atoms with van der Waals surface area (Å²) in [5.41, 5.74) is 7.53. The van der Waals surface area contributed by atoms with Gasteiger partial charge in [-0.1, -0.05) is 48.6 Å². The molecule has 3 nitrogen and oxygen atoms in total. The Morgan fingerprint density at radius 2 is 1.59 bits per heavy atom. The quantitative estimate of drug-likeness (QED) is 0.460. The SMILES string of the molecule is C=CCc1ccccc1OCCOc1ccccc1C(N)=S. The summed E-state index contributed by atoms with van der Waals surface area (Å²) in [6, 6.07) is 15.4. The molecule has 0 unspecified atom stereocenters. The van der Waals surface area contributed by atoms with Crippen LogP contribution < -0.4 is 15.2 Å². The molecule has 2 aromatic rings. The van der Waals surface area contributed by atoms with Crippen molar-refractivity contribution >= 4 is 17.2 Å². The van der Waals surface area contributed by atoms with E-state index in [-0.39, 0.29) is 0 Å². The van der Waals surface area contributed by atoms with Crippen molar-refractivity contribution in [3.8, 4) is 11.5 Å². The Balaban J connectivity index is 1.90. The maximum atomic E-state index is 5.77. The molecule has 0 bridgehead atoms. The zero-order valence-electron chi connectivity index (χ0n) is 12.3. The first-order chi connectivity index (χ1) is 10.7. The van der Waals surface area contributed by atoms with E-state index in [0.717, 1.165) is 23.3 Å². The van der Waals surface area contributed by atoms with Crippen LogP contribution in [-0.4, -0.2) is 18.2 Å². The van der Waals surface area contributed by atoms with Gasteiger partial charge in [0.05, 0.1) is 5.56 Å². The molecule has 0 radical (unpaired) electrons. The highest BCUT2D eigenvalue weighted by molar-refractivity contribution is 7.80. The van der Waals surface area contributed by atoms with Gasteiger partial charge in [0.1, 0.15) is 29.7 Å². The van der Waals surface area contributed by atoms with Crippen LogP contribution >= 0.6 is 12.2 Å². The molecule has 0 amide bonds. The number of allylic oxidation sites excluding steroid dienone is 1. The number of thiocarbonyl (C=S) groups is 1. The number of hydrogen-bond donors (Lipinski definition) is 1. The van der Waals surface area contributed by atoms with Crippen molar-refractivity contribution < 1.29 is 9.47 Å². The van der Waals surface area contributed by atoms with E-state index in [0.29, 0.717) is 24.0 Å². The Hall–Kier alpha value is -2.33. The molecule has 0 aromatic heterocycles. The largest absolute Gasteiger partial charge is 0.490 e. The second-order valence-corrected chi connectivity index (χ2v) is 5.10. The zero-order chi connectivity index (χ0) is 15.8. The molecule has 0 spiro atoms. The molecule has 4 heteroatoms. The number of hydrogen-bond acceptors (Lipinski definition) is 3. The topological polar surface area (TPSA) is 44.5 Å². The lowest BCUT2D eigenvalue weighted by molar-refractivity contribution is 0.216. The summed E-state index contributed by atoms with van der Waals surface area (Å²) in [5.74, 6) is 1.53. The third-order valence-electron chi connectivity index (χ3n) is 3.09. The first kappa shape index (κ1) is 16.0. The van der Waals surface area contributed by atoms with Gasteiger partial charge < -0.3 is 15.2 Å². The molecule has 2 rings (SSSR count). The van der Waals surface area contributed by atoms with E-state index in [1.165, 1.54) is 0 Å². The van der Waals surface area contributed by atoms with Crippen LogP contribution in [0.25, 0.3) is 0 Å². The molecular formula is C18H19NO2S. The van der Waals surface area contributed by atoms with Crippen molar-refractivity contribution in [2.75, 3.05) is 13.2 Å². The van der Waals surface area contributed by atoms with Crippen molar-refractivity contribution in [2.24, 2.45) is 5.73 Å². The minimum Gasteiger partial charge on any atom is -0.490 e. The first-order valence-corrected chi connectivity index (χ1v) is 7.46. The molecule has 0 atom stereocenters. The van der Waals surface area contributed by atoms with Gasteiger partial charge in [-0.2, -0.15) is 0 Å². The molecule has 2 aromatic carbocycles. The van der Waals surface area contributed by atoms with Crippen molar-refractivity contribution in [2.45, 2.75) is 6.42 Å². The number of nitrogens with two attached hydrogens (primary N) is 1. The van der Waals surface area contributed by atoms with Crippen molar-refractivity contribution in [1.29, 1.82) is 0 Å². The van der Waals surface area contributed by atoms with Gasteiger partial charge in [0.15, 0.2) is 0 Å². The number of rotatable bonds is 8. The van der Waals surface area contributed by atoms with Crippen molar-refractivity contribution in [1.82, 2.24) is 0 Å². The van der Waals surface area contributed by atoms with Crippen LogP contribution in [0.4, 0.5) is 0 Å². The molecule has 0 aliphatic heterocycles. The Morgan fingerprint density at radius 3 is 2.27 bits per heavy atom. The lowest BCUT2D eigenvalue weighted by Crippen LogP contribution is -2.14. The van der Waals surface area contributed by atoms with Gasteiger partial charge in [-0.15, -0.1) is 6.58 Å². The summed E-state index contributed by atoms with van der Waals surface area (Å²) in [7, 11) is 0. The van der Waals surface area contributed by atoms with E-state index >= 15 is 0 Å². The fraction of sp³-hybridized carbons (Fsp3) is 0.167. The summed E-state index contributed by atoms with van der Waals surface area (Å²) >= 11 is 5.01. The average Bonchev–Trinajstić information content (AvgIpc) is 2.53. The molecule has 2 N–H and O–H groups in total. The Bertz CT molecular complexity index is 655. The van der Waals surface area contributed by atoms with Crippen LogP contribution in [0, 0.1) is 0 Å². The highest BCUT2D eigenvalue weighted by Gasteiger charge is 2.06. The Kier molecular flexibility index (Phi) is 5.98. The monoisotopic (exact) mass is 313 g/mol. The van der Waals surface area contributed by atoms with Gasteiger partial charge in [0.25, 0.3) is 0 Å². The second kappa shape index (κ2) is 8.20. The third kappa shape index (κ3) is 4.33. The average molecular weight is 313 g/mol. The van der Waals surface area contributed by atoms with E-state index in [4.69, 9.17) is 27.4 Å². The molecular weight excluding hydrogens is 294 g/mol. The van der Waals surface area contributed by atoms with Gasteiger partial charge >= 0.3 is 0 Å². The lowest BCUT2D eigenvalue weighted by atomic mass is 10.1. The summed E-state index contributed by atoms with van der Waals surface area (Å²) in [4.78, 5) is 0.327. The molecule has 0 fully saturated rings. The van der Waals surface area contributed by atoms with E-state index in [9.17, 15) is 0 Å². The zero-order valence-corrected chi connectivity index (χ0v) is 13.1. The molecule has 0 saturated heterocycles. The fourth-order valence-corrected chi connectivity index (χ4v) is 2.24. The van der Waals surface area contributed by atoms with Crippen LogP contribution in [0.1, 0.15) is 11.1 Å². The molecule has 0 heterocycles. The number of ether oxygens (including phenoxy) is 2. The van der Waals surface area contributed by atoms with E-state index in [1.807, 2.05) is 54.6 Å². The molecule has 0 aliphatic rings. The predicted molar refractivity (Wildman–Crippen MR) is 93.7 cm³/mol. The molecule has 22 heavy (non-hydrogen) atoms. The van der Waals surface area contributed by atoms with Gasteiger partial charge in [-0.25, -0.2) is 0 Å². The van der Waals surface area contributed by atoms with Gasteiger partial charge in [0, 0.05) is 0 Å². The van der Waals surface area contributed by atoms with Gasteiger partial charge in [-0.05, 0) is 30.2 Å². The van der Waals surface area contributed by atoms with E-state index in [1.54, 1.807) is 0 Å². The highest BCUT2D eigenvalue weighted by atomic mass is 32.1. The number of para-hydroxylation sites is 2. The maximum absolute atomic E-state index is 5.77. The Labute approximate surface area is 136 Å². The number of benzene rings is 2. The van der Waals surface area contributed by atoms with Gasteiger partial charge in [-0.3, -0.25) is 0 Å². The van der Waals surface area contributed by atoms with Crippen LogP contribution in [0.5, 0.6) is 11.5 Å². The van der Waals surface area contributed by atoms with E-state index in [2.05, 4.69) is 6.58 Å². The summed E-state index contributed by atoms with van der Waals surface area (Å²) < 4.78 is 11.5. The smallest absolute Gasteiger partial charge is 0.129 e. The molecule has 0 aliphatic carbocycles. The summed E-state index contributed by atoms with van der Waals surface area (Å²) in [6.45, 7) is 4.62. The lowest BCUT2D eigenvalue weighted by Gasteiger charge is -2.13. The van der Waals surface area contributed by atoms with Crippen LogP contribution in [0.15, 0.2) is 61.2 Å². The Morgan fingerprint density at radius 1 is 1.00 bits per heavy atom. The summed E-state index contributed by atoms with van der Waals surface area (Å²) in [5, 5.41) is 0. The van der Waals surface area contributed by atoms with Crippen LogP contribution in [0.3, 0.4) is 0 Å². The van der Waals surface area contributed by atoms with Crippen LogP contribution in [0.2, 0.25) is 0 Å². The second-order valence-electron chi connectivity index (χ2n) is 4.66. The minimum absolute atomic E-state index is 0.327. The standard InChI is InChI=1S/C18H19NO2S/c1-2-7-14-8-3-5-10-16(14)20-12-13-21-17-11-6-4-9-15(17)18(19)22/h2-6,8-11H,1,7,12-13H2,(H2,19,22). The molecule has 0 saturated carbocycles.